The highest BCUT2D eigenvalue weighted by Crippen LogP contribution is 2.56. The summed E-state index contributed by atoms with van der Waals surface area (Å²) in [4.78, 5) is 15.6. The second kappa shape index (κ2) is 12.0. The summed E-state index contributed by atoms with van der Waals surface area (Å²) in [6, 6.07) is 10.6. The minimum atomic E-state index is -5.07. The zero-order valence-electron chi connectivity index (χ0n) is 21.7. The van der Waals surface area contributed by atoms with Gasteiger partial charge in [0.2, 0.25) is 5.60 Å². The number of anilines is 1. The van der Waals surface area contributed by atoms with E-state index in [9.17, 15) is 23.2 Å². The zero-order chi connectivity index (χ0) is 30.9. The molecule has 0 radical (unpaired) electrons. The Hall–Kier alpha value is -3.56. The van der Waals surface area contributed by atoms with Crippen molar-refractivity contribution >= 4 is 25.2 Å². The molecule has 1 unspecified atom stereocenters. The third kappa shape index (κ3) is 5.99. The van der Waals surface area contributed by atoms with E-state index in [4.69, 9.17) is 45.1 Å². The van der Waals surface area contributed by atoms with E-state index in [1.54, 1.807) is 0 Å². The first-order chi connectivity index (χ1) is 19.7. The van der Waals surface area contributed by atoms with Crippen LogP contribution in [0.4, 0.5) is 23.4 Å². The Balaban J connectivity index is 1.69. The molecule has 3 N–H and O–H groups in total. The van der Waals surface area contributed by atoms with E-state index >= 15 is 8.78 Å². The van der Waals surface area contributed by atoms with E-state index in [1.807, 2.05) is 0 Å². The molecule has 1 aromatic heterocycles. The quantitative estimate of drug-likeness (QED) is 0.228. The van der Waals surface area contributed by atoms with E-state index in [2.05, 4.69) is 4.98 Å². The molecule has 2 aromatic carbocycles. The molecule has 0 amide bonds. The summed E-state index contributed by atoms with van der Waals surface area (Å²) in [5.74, 6) is -4.89. The number of hydrogen-bond donors (Lipinski definition) is 2. The second-order valence-corrected chi connectivity index (χ2v) is 10.6. The van der Waals surface area contributed by atoms with Crippen molar-refractivity contribution in [3.05, 3.63) is 70.2 Å². The molecule has 0 bridgehead atoms. The number of methoxy groups -OCH3 is 2. The van der Waals surface area contributed by atoms with Crippen LogP contribution in [0, 0.1) is 0 Å². The number of rotatable bonds is 11. The molecular weight excluding hydrogens is 617 g/mol. The van der Waals surface area contributed by atoms with Gasteiger partial charge in [0.1, 0.15) is 35.4 Å². The largest absolute Gasteiger partial charge is 0.587 e. The summed E-state index contributed by atoms with van der Waals surface area (Å²) < 4.78 is 104. The molecule has 1 aliphatic heterocycles. The van der Waals surface area contributed by atoms with Crippen LogP contribution >= 0.6 is 19.4 Å². The molecule has 4 rings (SSSR count). The maximum absolute atomic E-state index is 15.4. The Morgan fingerprint density at radius 1 is 1.05 bits per heavy atom. The van der Waals surface area contributed by atoms with E-state index < -0.39 is 61.2 Å². The van der Waals surface area contributed by atoms with Crippen LogP contribution < -0.4 is 29.9 Å². The molecule has 228 valence electrons. The summed E-state index contributed by atoms with van der Waals surface area (Å²) in [6.45, 7) is -1.85. The van der Waals surface area contributed by atoms with Crippen molar-refractivity contribution < 1.29 is 55.0 Å². The zero-order valence-corrected chi connectivity index (χ0v) is 23.3. The molecule has 0 aliphatic carbocycles. The minimum Gasteiger partial charge on any atom is -0.497 e. The van der Waals surface area contributed by atoms with Gasteiger partial charge in [0, 0.05) is 6.20 Å². The van der Waals surface area contributed by atoms with Crippen molar-refractivity contribution in [2.75, 3.05) is 26.6 Å². The smallest absolute Gasteiger partial charge is 0.497 e. The van der Waals surface area contributed by atoms with Crippen LogP contribution in [0.5, 0.6) is 23.0 Å². The SMILES string of the molecule is COc1ccc(OP(=O)(OC[C@@]2(C(F)F)O[C@@H](n3cc(Cl)c(N)nc3=O)C(O)C2(F)F)Oc2ccc(OC)cc2)cc1. The summed E-state index contributed by atoms with van der Waals surface area (Å²) in [5.41, 5.74) is 0.112. The molecule has 0 saturated carbocycles. The molecule has 3 aromatic rings. The van der Waals surface area contributed by atoms with E-state index in [1.165, 1.54) is 62.8 Å². The van der Waals surface area contributed by atoms with Gasteiger partial charge in [-0.05, 0) is 48.5 Å². The highest BCUT2D eigenvalue weighted by atomic mass is 35.5. The molecule has 12 nitrogen and oxygen atoms in total. The molecular formula is C24H23ClF4N3O9P. The topological polar surface area (TPSA) is 154 Å². The van der Waals surface area contributed by atoms with Crippen LogP contribution in [0.3, 0.4) is 0 Å². The van der Waals surface area contributed by atoms with Gasteiger partial charge in [-0.3, -0.25) is 9.09 Å². The number of aliphatic hydroxyl groups is 1. The molecule has 2 heterocycles. The summed E-state index contributed by atoms with van der Waals surface area (Å²) in [5, 5.41) is 9.94. The molecule has 3 atom stereocenters. The van der Waals surface area contributed by atoms with Crippen LogP contribution in [-0.4, -0.2) is 59.5 Å². The third-order valence-corrected chi connectivity index (χ3v) is 7.69. The lowest BCUT2D eigenvalue weighted by Crippen LogP contribution is -2.57. The number of ether oxygens (including phenoxy) is 3. The first-order valence-electron chi connectivity index (χ1n) is 11.7. The number of benzene rings is 2. The van der Waals surface area contributed by atoms with Crippen molar-refractivity contribution in [2.24, 2.45) is 0 Å². The Kier molecular flexibility index (Phi) is 8.94. The van der Waals surface area contributed by atoms with Crippen LogP contribution in [0.1, 0.15) is 6.23 Å². The number of halogens is 5. The summed E-state index contributed by atoms with van der Waals surface area (Å²) in [6.07, 6.45) is -8.86. The average molecular weight is 640 g/mol. The predicted molar refractivity (Wildman–Crippen MR) is 139 cm³/mol. The van der Waals surface area contributed by atoms with Gasteiger partial charge in [-0.15, -0.1) is 0 Å². The van der Waals surface area contributed by atoms with Crippen molar-refractivity contribution in [3.8, 4) is 23.0 Å². The number of nitrogens with zero attached hydrogens (tertiary/aromatic N) is 2. The maximum atomic E-state index is 15.4. The van der Waals surface area contributed by atoms with Gasteiger partial charge in [-0.2, -0.15) is 13.8 Å². The van der Waals surface area contributed by atoms with Gasteiger partial charge < -0.3 is 34.1 Å². The Morgan fingerprint density at radius 2 is 1.52 bits per heavy atom. The lowest BCUT2D eigenvalue weighted by atomic mass is 9.95. The van der Waals surface area contributed by atoms with Crippen LogP contribution in [0.2, 0.25) is 5.02 Å². The number of nitrogen functional groups attached to an aromatic ring is 1. The lowest BCUT2D eigenvalue weighted by Gasteiger charge is -2.33. The highest BCUT2D eigenvalue weighted by Gasteiger charge is 2.74. The fourth-order valence-electron chi connectivity index (χ4n) is 3.80. The molecule has 18 heteroatoms. The number of aromatic nitrogens is 2. The second-order valence-electron chi connectivity index (χ2n) is 8.68. The Labute approximate surface area is 240 Å². The first-order valence-corrected chi connectivity index (χ1v) is 13.6. The standard InChI is InChI=1S/C24H23ClF4N3O9P/c1-36-13-3-7-15(8-4-13)40-42(35,41-16-9-5-14(37-2)6-10-16)38-12-23(21(26)27)24(28,29)18(33)20(39-23)32-11-17(25)19(30)31-22(32)34/h3-11,18,20-21,33H,12H2,1-2H3,(H2,30,31,34)/t18?,20-,23+/m1/s1. The number of phosphoric ester groups is 1. The monoisotopic (exact) mass is 639 g/mol. The molecule has 42 heavy (non-hydrogen) atoms. The van der Waals surface area contributed by atoms with Gasteiger partial charge in [0.25, 0.3) is 6.43 Å². The Morgan fingerprint density at radius 3 is 1.98 bits per heavy atom. The van der Waals surface area contributed by atoms with Gasteiger partial charge in [-0.25, -0.2) is 18.1 Å². The molecule has 1 aliphatic rings. The van der Waals surface area contributed by atoms with Gasteiger partial charge in [0.05, 0.1) is 19.2 Å². The molecule has 1 saturated heterocycles. The number of hydrogen-bond acceptors (Lipinski definition) is 11. The fraction of sp³-hybridized carbons (Fsp3) is 0.333. The first kappa shape index (κ1) is 31.4. The summed E-state index contributed by atoms with van der Waals surface area (Å²) >= 11 is 5.80. The number of nitrogens with two attached hydrogens (primary N) is 1. The number of aliphatic hydroxyl groups excluding tert-OH is 1. The normalized spacial score (nSPS) is 21.7. The van der Waals surface area contributed by atoms with Crippen molar-refractivity contribution in [1.29, 1.82) is 0 Å². The molecule has 1 fully saturated rings. The fourth-order valence-corrected chi connectivity index (χ4v) is 5.20. The van der Waals surface area contributed by atoms with E-state index in [0.717, 1.165) is 0 Å². The highest BCUT2D eigenvalue weighted by molar-refractivity contribution is 7.49. The summed E-state index contributed by atoms with van der Waals surface area (Å²) in [7, 11) is -2.30. The number of alkyl halides is 4. The predicted octanol–water partition coefficient (Wildman–Crippen LogP) is 4.31. The van der Waals surface area contributed by atoms with Crippen molar-refractivity contribution in [2.45, 2.75) is 30.3 Å². The molecule has 0 spiro atoms. The minimum absolute atomic E-state index is 0.176. The van der Waals surface area contributed by atoms with Crippen molar-refractivity contribution in [3.63, 3.8) is 0 Å². The van der Waals surface area contributed by atoms with E-state index in [-0.39, 0.29) is 16.1 Å². The van der Waals surface area contributed by atoms with Gasteiger partial charge >= 0.3 is 19.4 Å². The Bertz CT molecular complexity index is 1460. The van der Waals surface area contributed by atoms with E-state index in [0.29, 0.717) is 17.7 Å². The van der Waals surface area contributed by atoms with Crippen LogP contribution in [0.15, 0.2) is 59.5 Å². The van der Waals surface area contributed by atoms with Gasteiger partial charge in [0.15, 0.2) is 12.3 Å². The van der Waals surface area contributed by atoms with Crippen LogP contribution in [-0.2, 0) is 13.8 Å². The van der Waals surface area contributed by atoms with Crippen molar-refractivity contribution in [1.82, 2.24) is 9.55 Å². The van der Waals surface area contributed by atoms with Gasteiger partial charge in [-0.1, -0.05) is 11.6 Å². The third-order valence-electron chi connectivity index (χ3n) is 6.09. The number of phosphoric acid groups is 1. The lowest BCUT2D eigenvalue weighted by molar-refractivity contribution is -0.242. The van der Waals surface area contributed by atoms with Crippen LogP contribution in [0.25, 0.3) is 0 Å². The average Bonchev–Trinajstić information content (AvgIpc) is 3.16. The maximum Gasteiger partial charge on any atom is 0.587 e.